The van der Waals surface area contributed by atoms with Crippen molar-refractivity contribution in [2.75, 3.05) is 38.1 Å². The quantitative estimate of drug-likeness (QED) is 0.0394. The van der Waals surface area contributed by atoms with Crippen molar-refractivity contribution in [3.63, 3.8) is 0 Å². The van der Waals surface area contributed by atoms with E-state index in [1.54, 1.807) is 67.4 Å². The Labute approximate surface area is 428 Å². The van der Waals surface area contributed by atoms with Crippen LogP contribution in [0.5, 0.6) is 11.5 Å². The molecule has 1 aliphatic rings. The van der Waals surface area contributed by atoms with E-state index in [4.69, 9.17) is 38.1 Å². The summed E-state index contributed by atoms with van der Waals surface area (Å²) in [6.07, 6.45) is -1.90. The van der Waals surface area contributed by atoms with Crippen molar-refractivity contribution in [2.24, 2.45) is 0 Å². The molecule has 0 bridgehead atoms. The van der Waals surface area contributed by atoms with Gasteiger partial charge in [-0.2, -0.15) is 20.3 Å². The Morgan fingerprint density at radius 3 is 1.85 bits per heavy atom. The summed E-state index contributed by atoms with van der Waals surface area (Å²) < 4.78 is 43.4. The highest BCUT2D eigenvalue weighted by molar-refractivity contribution is 9.10. The first-order chi connectivity index (χ1) is 34.9. The van der Waals surface area contributed by atoms with Crippen LogP contribution in [0.4, 0.5) is 11.8 Å². The fraction of sp³-hybridized carbons (Fsp3) is 0.296. The summed E-state index contributed by atoms with van der Waals surface area (Å²) in [6.45, 7) is 8.46. The highest BCUT2D eigenvalue weighted by Crippen LogP contribution is 2.51. The Morgan fingerprint density at radius 2 is 1.32 bits per heavy atom. The van der Waals surface area contributed by atoms with E-state index in [-0.39, 0.29) is 55.6 Å². The summed E-state index contributed by atoms with van der Waals surface area (Å²) in [5.74, 6) is 0.503. The van der Waals surface area contributed by atoms with Gasteiger partial charge in [-0.3, -0.25) is 14.9 Å². The van der Waals surface area contributed by atoms with Gasteiger partial charge in [0.25, 0.3) is 20.3 Å². The molecular formula is C54H56BrN8O8P. The summed E-state index contributed by atoms with van der Waals surface area (Å²) in [5.41, 5.74) is 2.34. The molecule has 18 heteroatoms. The fourth-order valence-corrected chi connectivity index (χ4v) is 11.0. The summed E-state index contributed by atoms with van der Waals surface area (Å²) in [6, 6.07) is 45.2. The zero-order valence-electron chi connectivity index (χ0n) is 40.8. The van der Waals surface area contributed by atoms with Gasteiger partial charge in [-0.25, -0.2) is 9.35 Å². The maximum absolute atomic E-state index is 13.7. The molecule has 0 radical (unpaired) electrons. The standard InChI is InChI=1S/C54H56BrN8O8P/c1-35(2)63(36(3)4)72(69-32-16-31-56)71-44-33-46(70-45(44)34-68-54(39-21-14-9-15-22-39,40-23-27-42(66-5)28-24-40)41-25-29-43(67-6)30-26-41)62-50-47(48(55)61-62)49(57-51(64)37-17-10-7-11-18-37)58-53(59-50)60-52(65)38-19-12-8-13-20-38/h7-15,17-30,35-36,44-46H,16,32-34H2,1-6H3,(H2,57,58,59,60,64,65)/t44-,45+,46+,72?/m0/s1. The molecule has 2 amide bonds. The van der Waals surface area contributed by atoms with Crippen LogP contribution in [0.15, 0.2) is 144 Å². The largest absolute Gasteiger partial charge is 0.497 e. The van der Waals surface area contributed by atoms with Crippen molar-refractivity contribution in [1.29, 1.82) is 5.26 Å². The van der Waals surface area contributed by atoms with Crippen molar-refractivity contribution in [3.05, 3.63) is 172 Å². The van der Waals surface area contributed by atoms with Gasteiger partial charge in [-0.15, -0.1) is 0 Å². The smallest absolute Gasteiger partial charge is 0.259 e. The molecule has 7 aromatic rings. The molecular weight excluding hydrogens is 1000 g/mol. The molecule has 8 rings (SSSR count). The minimum atomic E-state index is -1.77. The number of nitriles is 1. The van der Waals surface area contributed by atoms with E-state index >= 15 is 0 Å². The molecule has 0 saturated carbocycles. The number of ether oxygens (including phenoxy) is 4. The van der Waals surface area contributed by atoms with Crippen molar-refractivity contribution in [3.8, 4) is 17.6 Å². The first kappa shape index (κ1) is 51.7. The minimum absolute atomic E-state index is 0.00896. The minimum Gasteiger partial charge on any atom is -0.497 e. The third kappa shape index (κ3) is 11.5. The number of aromatic nitrogens is 4. The molecule has 1 fully saturated rings. The van der Waals surface area contributed by atoms with Gasteiger partial charge < -0.3 is 33.3 Å². The Kier molecular flexibility index (Phi) is 17.1. The van der Waals surface area contributed by atoms with Crippen molar-refractivity contribution < 1.29 is 37.6 Å². The molecule has 16 nitrogen and oxygen atoms in total. The highest BCUT2D eigenvalue weighted by Gasteiger charge is 2.46. The number of hydrogen-bond donors (Lipinski definition) is 2. The molecule has 5 aromatic carbocycles. The number of hydrogen-bond acceptors (Lipinski definition) is 13. The number of rotatable bonds is 21. The van der Waals surface area contributed by atoms with Gasteiger partial charge in [0.15, 0.2) is 17.7 Å². The number of carbonyl (C=O) groups excluding carboxylic acids is 2. The van der Waals surface area contributed by atoms with Crippen LogP contribution < -0.4 is 20.1 Å². The molecule has 4 atom stereocenters. The van der Waals surface area contributed by atoms with Crippen LogP contribution in [0.1, 0.15) is 84.2 Å². The average molecular weight is 1060 g/mol. The number of amides is 2. The lowest BCUT2D eigenvalue weighted by Gasteiger charge is -2.39. The van der Waals surface area contributed by atoms with Crippen molar-refractivity contribution in [1.82, 2.24) is 24.4 Å². The molecule has 372 valence electrons. The third-order valence-electron chi connectivity index (χ3n) is 12.0. The average Bonchev–Trinajstić information content (AvgIpc) is 3.96. The Bertz CT molecular complexity index is 2910. The van der Waals surface area contributed by atoms with E-state index in [0.29, 0.717) is 32.6 Å². The molecule has 1 aliphatic heterocycles. The Balaban J connectivity index is 1.24. The van der Waals surface area contributed by atoms with E-state index in [1.807, 2.05) is 91.0 Å². The SMILES string of the molecule is COc1ccc(C(OC[C@H]2O[C@@H](n3nc(Br)c4c(NC(=O)c5ccccc5)nc(NC(=O)c5ccccc5)nc43)C[C@@H]2OP(OCCC#N)N(C(C)C)C(C)C)(c2ccccc2)c2ccc(OC)cc2)cc1. The monoisotopic (exact) mass is 1050 g/mol. The van der Waals surface area contributed by atoms with Crippen LogP contribution in [0.3, 0.4) is 0 Å². The zero-order chi connectivity index (χ0) is 50.8. The second-order valence-corrected chi connectivity index (χ2v) is 19.5. The highest BCUT2D eigenvalue weighted by atomic mass is 79.9. The molecule has 72 heavy (non-hydrogen) atoms. The first-order valence-corrected chi connectivity index (χ1v) is 25.4. The van der Waals surface area contributed by atoms with E-state index in [2.05, 4.69) is 70.0 Å². The van der Waals surface area contributed by atoms with Gasteiger partial charge in [0.2, 0.25) is 5.95 Å². The molecule has 0 spiro atoms. The number of methoxy groups -OCH3 is 2. The number of halogens is 1. The molecule has 3 heterocycles. The number of benzene rings is 5. The zero-order valence-corrected chi connectivity index (χ0v) is 43.2. The van der Waals surface area contributed by atoms with Crippen molar-refractivity contribution >= 4 is 59.1 Å². The fourth-order valence-electron chi connectivity index (χ4n) is 8.68. The third-order valence-corrected chi connectivity index (χ3v) is 14.7. The van der Waals surface area contributed by atoms with Gasteiger partial charge >= 0.3 is 0 Å². The summed E-state index contributed by atoms with van der Waals surface area (Å²) >= 11 is 3.66. The number of nitrogens with zero attached hydrogens (tertiary/aromatic N) is 6. The van der Waals surface area contributed by atoms with Crippen LogP contribution in [-0.2, 0) is 24.1 Å². The second-order valence-electron chi connectivity index (χ2n) is 17.3. The summed E-state index contributed by atoms with van der Waals surface area (Å²) in [4.78, 5) is 36.9. The lowest BCUT2D eigenvalue weighted by Crippen LogP contribution is -2.39. The van der Waals surface area contributed by atoms with Crippen LogP contribution in [0.25, 0.3) is 11.0 Å². The Morgan fingerprint density at radius 1 is 0.792 bits per heavy atom. The van der Waals surface area contributed by atoms with Gasteiger partial charge in [-0.05, 0) is 109 Å². The molecule has 2 aromatic heterocycles. The van der Waals surface area contributed by atoms with E-state index in [0.717, 1.165) is 16.7 Å². The topological polar surface area (TPSA) is 184 Å². The predicted molar refractivity (Wildman–Crippen MR) is 279 cm³/mol. The van der Waals surface area contributed by atoms with Crippen LogP contribution in [0, 0.1) is 11.3 Å². The van der Waals surface area contributed by atoms with Gasteiger partial charge in [0.05, 0.1) is 51.4 Å². The lowest BCUT2D eigenvalue weighted by atomic mass is 9.80. The van der Waals surface area contributed by atoms with Crippen molar-refractivity contribution in [2.45, 2.75) is 76.7 Å². The van der Waals surface area contributed by atoms with Gasteiger partial charge in [0, 0.05) is 29.6 Å². The van der Waals surface area contributed by atoms with Gasteiger partial charge in [0.1, 0.15) is 27.8 Å². The number of fused-ring (bicyclic) bond motifs is 1. The van der Waals surface area contributed by atoms with Crippen LogP contribution >= 0.6 is 24.5 Å². The summed E-state index contributed by atoms with van der Waals surface area (Å²) in [7, 11) is 1.49. The van der Waals surface area contributed by atoms with E-state index < -0.39 is 44.4 Å². The number of carbonyl (C=O) groups is 2. The van der Waals surface area contributed by atoms with E-state index in [1.165, 1.54) is 0 Å². The normalized spacial score (nSPS) is 16.2. The Hall–Kier alpha value is -6.61. The van der Waals surface area contributed by atoms with Gasteiger partial charge in [-0.1, -0.05) is 91.0 Å². The molecule has 1 saturated heterocycles. The number of anilines is 2. The first-order valence-electron chi connectivity index (χ1n) is 23.5. The molecule has 2 N–H and O–H groups in total. The molecule has 1 unspecified atom stereocenters. The van der Waals surface area contributed by atoms with E-state index in [9.17, 15) is 14.9 Å². The summed E-state index contributed by atoms with van der Waals surface area (Å²) in [5, 5.41) is 20.6. The second kappa shape index (κ2) is 23.7. The maximum atomic E-state index is 13.7. The molecule has 0 aliphatic carbocycles. The maximum Gasteiger partial charge on any atom is 0.259 e. The predicted octanol–water partition coefficient (Wildman–Crippen LogP) is 11.1. The van der Waals surface area contributed by atoms with Crippen LogP contribution in [-0.4, -0.2) is 88.0 Å². The number of nitrogens with one attached hydrogen (secondary N) is 2. The van der Waals surface area contributed by atoms with Crippen LogP contribution in [0.2, 0.25) is 0 Å². The lowest BCUT2D eigenvalue weighted by molar-refractivity contribution is -0.0931.